The van der Waals surface area contributed by atoms with E-state index in [1.54, 1.807) is 6.07 Å². The Hall–Kier alpha value is -7.24. The third-order valence-electron chi connectivity index (χ3n) is 15.6. The summed E-state index contributed by atoms with van der Waals surface area (Å²) >= 11 is 0. The predicted octanol–water partition coefficient (Wildman–Crippen LogP) is 15.6. The maximum atomic E-state index is 14.2. The molecule has 4 aliphatic rings. The molecule has 0 N–H and O–H groups in total. The summed E-state index contributed by atoms with van der Waals surface area (Å²) in [6.45, 7) is 16.3. The average Bonchev–Trinajstić information content (AvgIpc) is 3.06. The van der Waals surface area contributed by atoms with Crippen molar-refractivity contribution in [3.63, 3.8) is 0 Å². The van der Waals surface area contributed by atoms with Crippen molar-refractivity contribution < 1.29 is 21.8 Å². The molecule has 0 saturated heterocycles. The summed E-state index contributed by atoms with van der Waals surface area (Å²) < 4.78 is 65.1. The fourth-order valence-electron chi connectivity index (χ4n) is 11.7. The van der Waals surface area contributed by atoms with E-state index in [4.69, 9.17) is 0 Å². The van der Waals surface area contributed by atoms with Crippen molar-refractivity contribution in [2.24, 2.45) is 0 Å². The van der Waals surface area contributed by atoms with Crippen molar-refractivity contribution in [1.82, 2.24) is 0 Å². The Morgan fingerprint density at radius 1 is 0.362 bits per heavy atom. The molecule has 0 aliphatic carbocycles. The number of fused-ring (bicyclic) bond motifs is 12. The number of sulfone groups is 1. The van der Waals surface area contributed by atoms with E-state index in [0.29, 0.717) is 16.8 Å². The zero-order valence-corrected chi connectivity index (χ0v) is 49.9. The largest absolute Gasteiger partial charge is 0.313 e. The van der Waals surface area contributed by atoms with Crippen LogP contribution in [-0.2, 0) is 47.4 Å². The Labute approximate surface area is 475 Å². The molecular formula is C71H64O5P2S2. The molecule has 0 bridgehead atoms. The van der Waals surface area contributed by atoms with Crippen molar-refractivity contribution in [3.8, 4) is 44.5 Å². The van der Waals surface area contributed by atoms with Crippen LogP contribution in [0.2, 0.25) is 0 Å². The average molecular weight is 1120 g/mol. The topological polar surface area (TPSA) is 85.3 Å². The van der Waals surface area contributed by atoms with E-state index in [0.717, 1.165) is 98.2 Å². The van der Waals surface area contributed by atoms with Crippen molar-refractivity contribution in [2.75, 3.05) is 0 Å². The fourth-order valence-corrected chi connectivity index (χ4v) is 21.0. The zero-order chi connectivity index (χ0) is 56.3. The summed E-state index contributed by atoms with van der Waals surface area (Å²) in [7, 11) is -9.48. The lowest BCUT2D eigenvalue weighted by Crippen LogP contribution is -2.23. The Balaban J connectivity index is 0.000000113. The van der Waals surface area contributed by atoms with Gasteiger partial charge in [-0.25, -0.2) is 8.42 Å². The lowest BCUT2D eigenvalue weighted by molar-refractivity contribution is 0.586. The van der Waals surface area contributed by atoms with E-state index >= 15 is 0 Å². The zero-order valence-electron chi connectivity index (χ0n) is 46.5. The molecule has 14 rings (SSSR count). The fraction of sp³-hybridized carbons (Fsp3) is 0.155. The summed E-state index contributed by atoms with van der Waals surface area (Å²) in [6, 6.07) is 69.7. The van der Waals surface area contributed by atoms with Gasteiger partial charge in [0.05, 0.1) is 27.2 Å². The molecule has 5 nitrogen and oxygen atoms in total. The van der Waals surface area contributed by atoms with Gasteiger partial charge in [0.15, 0.2) is 17.0 Å². The van der Waals surface area contributed by atoms with E-state index in [1.807, 2.05) is 118 Å². The molecule has 0 saturated carbocycles. The van der Waals surface area contributed by atoms with Gasteiger partial charge in [-0.3, -0.25) is 4.21 Å². The minimum absolute atomic E-state index is 0.112. The SMILES string of the molecule is Cc1ccc2c(c1)CP(=O)(c1ccccc1)c1cc(C)ccc1-2.Cc1ccc2c(c1)CS(=O)(=O)c1cc(C)ccc1-2.Cc1ccc2c(c1)CS(=O)c1cc(C)ccc1-2.Cc1ccc2c(c1)P(=O)(c1ccccc1)c1cc(C)ccc1-2. The molecule has 2 atom stereocenters. The van der Waals surface area contributed by atoms with E-state index in [-0.39, 0.29) is 5.75 Å². The van der Waals surface area contributed by atoms with Gasteiger partial charge in [0, 0.05) is 43.1 Å². The van der Waals surface area contributed by atoms with Gasteiger partial charge in [0.1, 0.15) is 7.14 Å². The summed E-state index contributed by atoms with van der Waals surface area (Å²) in [5.41, 5.74) is 21.3. The highest BCUT2D eigenvalue weighted by Crippen LogP contribution is 2.55. The molecule has 80 heavy (non-hydrogen) atoms. The molecule has 400 valence electrons. The molecule has 10 aromatic carbocycles. The first-order chi connectivity index (χ1) is 38.3. The molecule has 9 heteroatoms. The van der Waals surface area contributed by atoms with Crippen LogP contribution in [0.5, 0.6) is 0 Å². The normalized spacial score (nSPS) is 16.7. The maximum absolute atomic E-state index is 14.2. The first-order valence-electron chi connectivity index (χ1n) is 27.1. The van der Waals surface area contributed by atoms with Crippen LogP contribution < -0.4 is 26.5 Å². The third kappa shape index (κ3) is 10.3. The highest BCUT2D eigenvalue weighted by Gasteiger charge is 2.40. The van der Waals surface area contributed by atoms with Crippen LogP contribution in [0.4, 0.5) is 0 Å². The Bertz CT molecular complexity index is 4300. The van der Waals surface area contributed by atoms with Crippen molar-refractivity contribution >= 4 is 61.4 Å². The summed E-state index contributed by atoms with van der Waals surface area (Å²) in [5, 5.41) is 4.86. The van der Waals surface area contributed by atoms with Gasteiger partial charge < -0.3 is 9.13 Å². The first kappa shape index (κ1) is 54.7. The lowest BCUT2D eigenvalue weighted by atomic mass is 9.97. The van der Waals surface area contributed by atoms with Crippen LogP contribution in [-0.4, -0.2) is 12.6 Å². The smallest absolute Gasteiger partial charge is 0.183 e. The number of rotatable bonds is 2. The van der Waals surface area contributed by atoms with Gasteiger partial charge >= 0.3 is 0 Å². The molecule has 0 radical (unpaired) electrons. The quantitative estimate of drug-likeness (QED) is 0.161. The minimum Gasteiger partial charge on any atom is -0.313 e. The highest BCUT2D eigenvalue weighted by molar-refractivity contribution is 7.91. The van der Waals surface area contributed by atoms with Crippen LogP contribution in [0, 0.1) is 55.4 Å². The van der Waals surface area contributed by atoms with E-state index < -0.39 is 34.9 Å². The van der Waals surface area contributed by atoms with Gasteiger partial charge in [-0.15, -0.1) is 0 Å². The highest BCUT2D eigenvalue weighted by atomic mass is 32.2. The van der Waals surface area contributed by atoms with Crippen LogP contribution in [0.25, 0.3) is 44.5 Å². The van der Waals surface area contributed by atoms with Gasteiger partial charge in [0.25, 0.3) is 0 Å². The number of benzene rings is 10. The Morgan fingerprint density at radius 2 is 0.738 bits per heavy atom. The van der Waals surface area contributed by atoms with Crippen LogP contribution in [0.15, 0.2) is 216 Å². The molecule has 0 spiro atoms. The molecular weight excluding hydrogens is 1060 g/mol. The minimum atomic E-state index is -3.19. The summed E-state index contributed by atoms with van der Waals surface area (Å²) in [4.78, 5) is 1.46. The second kappa shape index (κ2) is 21.7. The second-order valence-corrected chi connectivity index (χ2v) is 30.8. The molecule has 4 heterocycles. The monoisotopic (exact) mass is 1120 g/mol. The number of hydrogen-bond donors (Lipinski definition) is 0. The van der Waals surface area contributed by atoms with E-state index in [9.17, 15) is 21.8 Å². The number of aryl methyl sites for hydroxylation is 8. The van der Waals surface area contributed by atoms with Crippen LogP contribution in [0.1, 0.15) is 61.2 Å². The Kier molecular flexibility index (Phi) is 14.8. The van der Waals surface area contributed by atoms with Gasteiger partial charge in [-0.05, 0) is 152 Å². The molecule has 4 aliphatic heterocycles. The van der Waals surface area contributed by atoms with E-state index in [1.165, 1.54) is 38.9 Å². The van der Waals surface area contributed by atoms with Crippen molar-refractivity contribution in [2.45, 2.75) is 82.8 Å². The summed E-state index contributed by atoms with van der Waals surface area (Å²) in [5.74, 6) is 0.758. The number of hydrogen-bond acceptors (Lipinski definition) is 5. The van der Waals surface area contributed by atoms with Crippen molar-refractivity contribution in [1.29, 1.82) is 0 Å². The van der Waals surface area contributed by atoms with Gasteiger partial charge in [0.2, 0.25) is 0 Å². The maximum Gasteiger partial charge on any atom is 0.183 e. The van der Waals surface area contributed by atoms with Crippen LogP contribution in [0.3, 0.4) is 0 Å². The lowest BCUT2D eigenvalue weighted by Gasteiger charge is -2.29. The molecule has 2 unspecified atom stereocenters. The van der Waals surface area contributed by atoms with E-state index in [2.05, 4.69) is 138 Å². The standard InChI is InChI=1S/C21H19OP.C20H17OP.C15H14O2S.C15H14OS/c1-15-8-10-19-17(12-15)14-23(22,18-6-4-3-5-7-18)21-13-16(2)9-11-20(19)21;1-14-8-10-17-18-11-9-15(2)13-20(18)22(21,19(17)12-14)16-6-4-3-5-7-16;1-10-3-5-13-12(7-10)9-18(16,17)15-8-11(2)4-6-14(13)15;1-10-3-5-13-12(7-10)9-17(16)15-8-11(2)4-6-14(13)15/h3-13H,14H2,1-2H3;3-13H,1-2H3;3-8H,9H2,1-2H3;3-8H,9H2,1-2H3. The first-order valence-corrected chi connectivity index (χ1v) is 33.6. The molecule has 10 aromatic rings. The predicted molar refractivity (Wildman–Crippen MR) is 336 cm³/mol. The van der Waals surface area contributed by atoms with Crippen molar-refractivity contribution in [3.05, 3.63) is 267 Å². The third-order valence-corrected chi connectivity index (χ3v) is 24.9. The summed E-state index contributed by atoms with van der Waals surface area (Å²) in [6.07, 6.45) is 0.616. The molecule has 0 amide bonds. The molecule has 0 aromatic heterocycles. The molecule has 0 fully saturated rings. The van der Waals surface area contributed by atoms with Crippen LogP contribution >= 0.6 is 14.3 Å². The Morgan fingerprint density at radius 3 is 1.27 bits per heavy atom. The van der Waals surface area contributed by atoms with Gasteiger partial charge in [-0.2, -0.15) is 0 Å². The van der Waals surface area contributed by atoms with Gasteiger partial charge in [-0.1, -0.05) is 209 Å². The second-order valence-electron chi connectivity index (χ2n) is 22.0.